The predicted octanol–water partition coefficient (Wildman–Crippen LogP) is -0.115. The molecule has 6 nitrogen and oxygen atoms in total. The summed E-state index contributed by atoms with van der Waals surface area (Å²) >= 11 is 0. The summed E-state index contributed by atoms with van der Waals surface area (Å²) in [6, 6.07) is 0.187. The van der Waals surface area contributed by atoms with Crippen molar-refractivity contribution in [3.05, 3.63) is 12.5 Å². The van der Waals surface area contributed by atoms with Gasteiger partial charge in [0.2, 0.25) is 0 Å². The minimum absolute atomic E-state index is 0.147. The zero-order chi connectivity index (χ0) is 12.5. The van der Waals surface area contributed by atoms with E-state index in [1.54, 1.807) is 17.1 Å². The van der Waals surface area contributed by atoms with Crippen molar-refractivity contribution >= 4 is 10.0 Å². The number of hydrogen-bond donors (Lipinski definition) is 1. The number of hydrogen-bond acceptors (Lipinski definition) is 4. The summed E-state index contributed by atoms with van der Waals surface area (Å²) in [5.74, 6) is 0. The quantitative estimate of drug-likeness (QED) is 0.821. The fourth-order valence-corrected chi connectivity index (χ4v) is 3.36. The molecule has 1 atom stereocenters. The molecule has 1 aromatic heterocycles. The van der Waals surface area contributed by atoms with Gasteiger partial charge in [-0.05, 0) is 13.8 Å². The second kappa shape index (κ2) is 4.75. The number of nitrogens with one attached hydrogen (secondary N) is 1. The predicted molar refractivity (Wildman–Crippen MR) is 64.1 cm³/mol. The Morgan fingerprint density at radius 3 is 2.94 bits per heavy atom. The van der Waals surface area contributed by atoms with Crippen molar-refractivity contribution in [1.29, 1.82) is 0 Å². The first kappa shape index (κ1) is 12.5. The second-order valence-corrected chi connectivity index (χ2v) is 6.15. The van der Waals surface area contributed by atoms with Crippen LogP contribution in [0.15, 0.2) is 17.6 Å². The van der Waals surface area contributed by atoms with Gasteiger partial charge in [0.05, 0.1) is 6.33 Å². The first-order valence-corrected chi connectivity index (χ1v) is 7.23. The maximum atomic E-state index is 12.3. The van der Waals surface area contributed by atoms with Crippen molar-refractivity contribution in [2.24, 2.45) is 0 Å². The lowest BCUT2D eigenvalue weighted by molar-refractivity contribution is 0.309. The van der Waals surface area contributed by atoms with E-state index >= 15 is 0 Å². The molecule has 2 rings (SSSR count). The molecule has 1 fully saturated rings. The van der Waals surface area contributed by atoms with Gasteiger partial charge in [0.25, 0.3) is 10.0 Å². The molecule has 1 aliphatic heterocycles. The zero-order valence-corrected chi connectivity index (χ0v) is 10.9. The van der Waals surface area contributed by atoms with Gasteiger partial charge >= 0.3 is 0 Å². The van der Waals surface area contributed by atoms with E-state index in [0.717, 1.165) is 6.54 Å². The molecule has 0 spiro atoms. The average Bonchev–Trinajstić information content (AvgIpc) is 2.78. The third-order valence-corrected chi connectivity index (χ3v) is 4.66. The fraction of sp³-hybridized carbons (Fsp3) is 0.700. The van der Waals surface area contributed by atoms with Crippen molar-refractivity contribution in [2.75, 3.05) is 19.6 Å². The van der Waals surface area contributed by atoms with Gasteiger partial charge in [-0.1, -0.05) is 0 Å². The summed E-state index contributed by atoms with van der Waals surface area (Å²) < 4.78 is 27.8. The zero-order valence-electron chi connectivity index (χ0n) is 10.1. The van der Waals surface area contributed by atoms with Gasteiger partial charge < -0.3 is 9.88 Å². The summed E-state index contributed by atoms with van der Waals surface area (Å²) in [5, 5.41) is 3.37. The standard InChI is InChI=1S/C10H18N4O2S/c1-3-13-7-10(12-8-13)17(15,16)14-5-4-11-9(2)6-14/h7-9,11H,3-6H2,1-2H3/t9-/m0/s1. The molecule has 1 saturated heterocycles. The van der Waals surface area contributed by atoms with Gasteiger partial charge in [-0.3, -0.25) is 0 Å². The Hall–Kier alpha value is -0.920. The molecular weight excluding hydrogens is 240 g/mol. The van der Waals surface area contributed by atoms with Crippen LogP contribution < -0.4 is 5.32 Å². The van der Waals surface area contributed by atoms with E-state index in [-0.39, 0.29) is 11.1 Å². The highest BCUT2D eigenvalue weighted by Gasteiger charge is 2.29. The summed E-state index contributed by atoms with van der Waals surface area (Å²) in [6.07, 6.45) is 3.14. The number of aryl methyl sites for hydroxylation is 1. The van der Waals surface area contributed by atoms with E-state index in [4.69, 9.17) is 0 Å². The third kappa shape index (κ3) is 2.51. The lowest BCUT2D eigenvalue weighted by Gasteiger charge is -2.30. The van der Waals surface area contributed by atoms with Crippen LogP contribution in [0.4, 0.5) is 0 Å². The molecular formula is C10H18N4O2S. The van der Waals surface area contributed by atoms with Gasteiger partial charge in [-0.25, -0.2) is 13.4 Å². The third-order valence-electron chi connectivity index (χ3n) is 2.91. The minimum atomic E-state index is -3.42. The first-order chi connectivity index (χ1) is 8.04. The fourth-order valence-electron chi connectivity index (χ4n) is 1.89. The highest BCUT2D eigenvalue weighted by Crippen LogP contribution is 2.15. The Balaban J connectivity index is 2.23. The molecule has 7 heteroatoms. The molecule has 17 heavy (non-hydrogen) atoms. The molecule has 0 aliphatic carbocycles. The first-order valence-electron chi connectivity index (χ1n) is 5.79. The Labute approximate surface area is 102 Å². The van der Waals surface area contributed by atoms with Crippen LogP contribution in [0.1, 0.15) is 13.8 Å². The highest BCUT2D eigenvalue weighted by molar-refractivity contribution is 7.89. The molecule has 96 valence electrons. The Morgan fingerprint density at radius 2 is 2.35 bits per heavy atom. The number of sulfonamides is 1. The van der Waals surface area contributed by atoms with Crippen molar-refractivity contribution in [2.45, 2.75) is 31.5 Å². The summed E-state index contributed by atoms with van der Waals surface area (Å²) in [4.78, 5) is 3.97. The van der Waals surface area contributed by atoms with Gasteiger partial charge in [0, 0.05) is 38.4 Å². The monoisotopic (exact) mass is 258 g/mol. The SMILES string of the molecule is CCn1cnc(S(=O)(=O)N2CCN[C@@H](C)C2)c1. The molecule has 0 bridgehead atoms. The van der Waals surface area contributed by atoms with Crippen LogP contribution in [0, 0.1) is 0 Å². The van der Waals surface area contributed by atoms with Crippen molar-refractivity contribution in [1.82, 2.24) is 19.2 Å². The lowest BCUT2D eigenvalue weighted by Crippen LogP contribution is -2.51. The minimum Gasteiger partial charge on any atom is -0.336 e. The van der Waals surface area contributed by atoms with Gasteiger partial charge in [0.1, 0.15) is 0 Å². The van der Waals surface area contributed by atoms with Crippen LogP contribution in [0.25, 0.3) is 0 Å². The van der Waals surface area contributed by atoms with Crippen LogP contribution in [-0.4, -0.2) is 48.0 Å². The molecule has 2 heterocycles. The van der Waals surface area contributed by atoms with Crippen LogP contribution in [-0.2, 0) is 16.6 Å². The Bertz CT molecular complexity index is 482. The van der Waals surface area contributed by atoms with Crippen LogP contribution in [0.5, 0.6) is 0 Å². The lowest BCUT2D eigenvalue weighted by atomic mass is 10.3. The van der Waals surface area contributed by atoms with E-state index in [2.05, 4.69) is 10.3 Å². The van der Waals surface area contributed by atoms with E-state index in [9.17, 15) is 8.42 Å². The second-order valence-electron chi connectivity index (χ2n) is 4.26. The number of piperazine rings is 1. The van der Waals surface area contributed by atoms with Crippen molar-refractivity contribution in [3.63, 3.8) is 0 Å². The summed E-state index contributed by atoms with van der Waals surface area (Å²) in [7, 11) is -3.42. The molecule has 0 saturated carbocycles. The van der Waals surface area contributed by atoms with Gasteiger partial charge in [-0.2, -0.15) is 4.31 Å². The largest absolute Gasteiger partial charge is 0.336 e. The van der Waals surface area contributed by atoms with Crippen LogP contribution in [0.2, 0.25) is 0 Å². The Morgan fingerprint density at radius 1 is 1.59 bits per heavy atom. The van der Waals surface area contributed by atoms with Gasteiger partial charge in [0.15, 0.2) is 5.03 Å². The molecule has 1 aromatic rings. The van der Waals surface area contributed by atoms with Crippen molar-refractivity contribution < 1.29 is 8.42 Å². The van der Waals surface area contributed by atoms with E-state index in [1.165, 1.54) is 4.31 Å². The van der Waals surface area contributed by atoms with E-state index in [0.29, 0.717) is 19.6 Å². The van der Waals surface area contributed by atoms with Crippen LogP contribution in [0.3, 0.4) is 0 Å². The topological polar surface area (TPSA) is 67.2 Å². The molecule has 1 aliphatic rings. The van der Waals surface area contributed by atoms with Gasteiger partial charge in [-0.15, -0.1) is 0 Å². The number of rotatable bonds is 3. The normalized spacial score (nSPS) is 22.8. The number of nitrogens with zero attached hydrogens (tertiary/aromatic N) is 3. The maximum absolute atomic E-state index is 12.3. The number of imidazole rings is 1. The van der Waals surface area contributed by atoms with E-state index in [1.807, 2.05) is 13.8 Å². The molecule has 0 aromatic carbocycles. The highest BCUT2D eigenvalue weighted by atomic mass is 32.2. The number of aromatic nitrogens is 2. The molecule has 0 radical (unpaired) electrons. The van der Waals surface area contributed by atoms with E-state index < -0.39 is 10.0 Å². The molecule has 1 N–H and O–H groups in total. The molecule has 0 amide bonds. The maximum Gasteiger partial charge on any atom is 0.262 e. The summed E-state index contributed by atoms with van der Waals surface area (Å²) in [5.41, 5.74) is 0. The Kier molecular flexibility index (Phi) is 3.50. The smallest absolute Gasteiger partial charge is 0.262 e. The average molecular weight is 258 g/mol. The molecule has 0 unspecified atom stereocenters. The van der Waals surface area contributed by atoms with Crippen molar-refractivity contribution in [3.8, 4) is 0 Å². The van der Waals surface area contributed by atoms with Crippen LogP contribution >= 0.6 is 0 Å². The summed E-state index contributed by atoms with van der Waals surface area (Å²) in [6.45, 7) is 6.35.